The van der Waals surface area contributed by atoms with Crippen LogP contribution in [0.25, 0.3) is 5.52 Å². The van der Waals surface area contributed by atoms with Crippen LogP contribution in [-0.4, -0.2) is 34.4 Å². The molecule has 2 rings (SSSR count). The molecule has 0 saturated heterocycles. The molecule has 7 heteroatoms. The first-order chi connectivity index (χ1) is 10.2. The van der Waals surface area contributed by atoms with Gasteiger partial charge in [0, 0.05) is 6.20 Å². The fourth-order valence-electron chi connectivity index (χ4n) is 2.06. The summed E-state index contributed by atoms with van der Waals surface area (Å²) in [7, 11) is 1.31. The number of carbonyl (C=O) groups excluding carboxylic acids is 2. The minimum absolute atomic E-state index is 0.341. The Bertz CT molecular complexity index is 728. The highest BCUT2D eigenvalue weighted by atomic mass is 16.6. The lowest BCUT2D eigenvalue weighted by molar-refractivity contribution is 0.0600. The molecule has 0 aliphatic rings. The summed E-state index contributed by atoms with van der Waals surface area (Å²) >= 11 is 0. The number of methoxy groups -OCH3 is 1. The molecule has 0 aromatic carbocycles. The second-order valence-electron chi connectivity index (χ2n) is 5.82. The Labute approximate surface area is 128 Å². The van der Waals surface area contributed by atoms with Gasteiger partial charge in [-0.05, 0) is 39.3 Å². The van der Waals surface area contributed by atoms with Crippen LogP contribution >= 0.6 is 0 Å². The third-order valence-electron chi connectivity index (χ3n) is 2.98. The normalized spacial score (nSPS) is 11.3. The third kappa shape index (κ3) is 3.19. The number of aromatic nitrogens is 2. The van der Waals surface area contributed by atoms with Crippen molar-refractivity contribution in [3.05, 3.63) is 29.6 Å². The number of rotatable bonds is 2. The zero-order valence-corrected chi connectivity index (χ0v) is 13.3. The Morgan fingerprint density at radius 3 is 2.59 bits per heavy atom. The van der Waals surface area contributed by atoms with Crippen LogP contribution in [-0.2, 0) is 9.47 Å². The van der Waals surface area contributed by atoms with Gasteiger partial charge in [0.2, 0.25) is 0 Å². The summed E-state index contributed by atoms with van der Waals surface area (Å²) in [5, 5.41) is 6.78. The van der Waals surface area contributed by atoms with Crippen molar-refractivity contribution in [1.82, 2.24) is 9.61 Å². The number of nitrogens with zero attached hydrogens (tertiary/aromatic N) is 2. The van der Waals surface area contributed by atoms with E-state index < -0.39 is 17.7 Å². The molecule has 0 radical (unpaired) electrons. The number of carbonyl (C=O) groups is 2. The molecular formula is C15H19N3O4. The molecule has 1 amide bonds. The van der Waals surface area contributed by atoms with Crippen molar-refractivity contribution in [2.75, 3.05) is 12.4 Å². The van der Waals surface area contributed by atoms with Gasteiger partial charge in [-0.2, -0.15) is 5.10 Å². The summed E-state index contributed by atoms with van der Waals surface area (Å²) in [6.45, 7) is 7.15. The van der Waals surface area contributed by atoms with Gasteiger partial charge < -0.3 is 9.47 Å². The highest BCUT2D eigenvalue weighted by molar-refractivity contribution is 5.99. The van der Waals surface area contributed by atoms with Crippen LogP contribution in [0.1, 0.15) is 36.7 Å². The van der Waals surface area contributed by atoms with Crippen LogP contribution in [0, 0.1) is 6.92 Å². The highest BCUT2D eigenvalue weighted by Gasteiger charge is 2.20. The molecule has 0 aliphatic heterocycles. The number of ether oxygens (including phenoxy) is 2. The number of nitrogens with one attached hydrogen (secondary N) is 1. The number of fused-ring (bicyclic) bond motifs is 1. The van der Waals surface area contributed by atoms with Gasteiger partial charge in [0.15, 0.2) is 0 Å². The Morgan fingerprint density at radius 1 is 1.32 bits per heavy atom. The second kappa shape index (κ2) is 5.67. The zero-order valence-electron chi connectivity index (χ0n) is 13.3. The topological polar surface area (TPSA) is 81.9 Å². The van der Waals surface area contributed by atoms with E-state index in [4.69, 9.17) is 9.47 Å². The lowest BCUT2D eigenvalue weighted by atomic mass is 10.1. The van der Waals surface area contributed by atoms with Crippen LogP contribution in [0.15, 0.2) is 18.5 Å². The third-order valence-corrected chi connectivity index (χ3v) is 2.98. The molecule has 0 spiro atoms. The molecule has 0 unspecified atom stereocenters. The lowest BCUT2D eigenvalue weighted by Gasteiger charge is -2.20. The molecule has 0 aliphatic carbocycles. The quantitative estimate of drug-likeness (QED) is 0.863. The maximum absolute atomic E-state index is 11.9. The van der Waals surface area contributed by atoms with Crippen molar-refractivity contribution in [3.63, 3.8) is 0 Å². The molecule has 0 fully saturated rings. The number of aryl methyl sites for hydroxylation is 1. The Balaban J connectivity index is 2.38. The van der Waals surface area contributed by atoms with Crippen LogP contribution in [0.4, 0.5) is 10.5 Å². The Kier molecular flexibility index (Phi) is 4.07. The van der Waals surface area contributed by atoms with E-state index in [0.29, 0.717) is 22.3 Å². The van der Waals surface area contributed by atoms with Gasteiger partial charge in [-0.25, -0.2) is 14.1 Å². The summed E-state index contributed by atoms with van der Waals surface area (Å²) < 4.78 is 11.5. The number of hydrogen-bond donors (Lipinski definition) is 1. The lowest BCUT2D eigenvalue weighted by Crippen LogP contribution is -2.27. The van der Waals surface area contributed by atoms with Gasteiger partial charge in [-0.1, -0.05) is 0 Å². The van der Waals surface area contributed by atoms with Gasteiger partial charge in [0.05, 0.1) is 24.5 Å². The van der Waals surface area contributed by atoms with Gasteiger partial charge >= 0.3 is 12.1 Å². The molecule has 2 heterocycles. The molecule has 1 N–H and O–H groups in total. The average Bonchev–Trinajstić information content (AvgIpc) is 2.83. The fraction of sp³-hybridized carbons (Fsp3) is 0.400. The maximum atomic E-state index is 11.9. The highest BCUT2D eigenvalue weighted by Crippen LogP contribution is 2.24. The number of esters is 1. The second-order valence-corrected chi connectivity index (χ2v) is 5.82. The smallest absolute Gasteiger partial charge is 0.412 e. The average molecular weight is 305 g/mol. The van der Waals surface area contributed by atoms with Crippen LogP contribution < -0.4 is 5.32 Å². The summed E-state index contributed by atoms with van der Waals surface area (Å²) in [4.78, 5) is 23.7. The largest absolute Gasteiger partial charge is 0.465 e. The minimum Gasteiger partial charge on any atom is -0.465 e. The monoisotopic (exact) mass is 305 g/mol. The summed E-state index contributed by atoms with van der Waals surface area (Å²) in [5.41, 5.74) is 1.59. The number of hydrogen-bond acceptors (Lipinski definition) is 5. The van der Waals surface area contributed by atoms with Crippen molar-refractivity contribution in [2.45, 2.75) is 33.3 Å². The molecule has 0 saturated carbocycles. The van der Waals surface area contributed by atoms with E-state index >= 15 is 0 Å². The number of amides is 1. The van der Waals surface area contributed by atoms with Crippen molar-refractivity contribution >= 4 is 23.3 Å². The van der Waals surface area contributed by atoms with E-state index in [9.17, 15) is 9.59 Å². The van der Waals surface area contributed by atoms with Crippen molar-refractivity contribution in [3.8, 4) is 0 Å². The zero-order chi connectivity index (χ0) is 16.5. The van der Waals surface area contributed by atoms with E-state index in [0.717, 1.165) is 0 Å². The molecule has 0 bridgehead atoms. The predicted octanol–water partition coefficient (Wildman–Crippen LogP) is 2.78. The molecule has 118 valence electrons. The van der Waals surface area contributed by atoms with E-state index in [2.05, 4.69) is 10.4 Å². The van der Waals surface area contributed by atoms with Crippen LogP contribution in [0.5, 0.6) is 0 Å². The Morgan fingerprint density at radius 2 is 2.00 bits per heavy atom. The molecule has 0 atom stereocenters. The summed E-state index contributed by atoms with van der Waals surface area (Å²) in [6.07, 6.45) is 2.53. The van der Waals surface area contributed by atoms with Crippen molar-refractivity contribution in [2.24, 2.45) is 0 Å². The fourth-order valence-corrected chi connectivity index (χ4v) is 2.06. The Hall–Kier alpha value is -2.57. The first kappa shape index (κ1) is 15.8. The van der Waals surface area contributed by atoms with E-state index in [1.165, 1.54) is 13.3 Å². The van der Waals surface area contributed by atoms with E-state index in [-0.39, 0.29) is 0 Å². The van der Waals surface area contributed by atoms with E-state index in [1.807, 2.05) is 0 Å². The minimum atomic E-state index is -0.587. The van der Waals surface area contributed by atoms with Gasteiger partial charge in [0.1, 0.15) is 11.2 Å². The van der Waals surface area contributed by atoms with E-state index in [1.54, 1.807) is 44.5 Å². The van der Waals surface area contributed by atoms with Gasteiger partial charge in [0.25, 0.3) is 0 Å². The first-order valence-corrected chi connectivity index (χ1v) is 6.78. The summed E-state index contributed by atoms with van der Waals surface area (Å²) in [5.74, 6) is -0.479. The summed E-state index contributed by atoms with van der Waals surface area (Å²) in [6, 6.07) is 1.69. The molecular weight excluding hydrogens is 286 g/mol. The van der Waals surface area contributed by atoms with Crippen molar-refractivity contribution < 1.29 is 19.1 Å². The van der Waals surface area contributed by atoms with Crippen LogP contribution in [0.3, 0.4) is 0 Å². The molecule has 7 nitrogen and oxygen atoms in total. The standard InChI is InChI=1S/C15H19N3O4/c1-9-11(17-14(20)22-15(2,3)4)6-7-18-12(9)10(8-16-18)13(19)21-5/h6-8H,1-5H3,(H,17,20). The number of pyridine rings is 1. The van der Waals surface area contributed by atoms with Crippen LogP contribution in [0.2, 0.25) is 0 Å². The van der Waals surface area contributed by atoms with Crippen molar-refractivity contribution in [1.29, 1.82) is 0 Å². The van der Waals surface area contributed by atoms with Gasteiger partial charge in [-0.3, -0.25) is 5.32 Å². The SMILES string of the molecule is COC(=O)c1cnn2ccc(NC(=O)OC(C)(C)C)c(C)c12. The predicted molar refractivity (Wildman–Crippen MR) is 81.1 cm³/mol. The molecule has 22 heavy (non-hydrogen) atoms. The van der Waals surface area contributed by atoms with Gasteiger partial charge in [-0.15, -0.1) is 0 Å². The molecule has 2 aromatic heterocycles. The first-order valence-electron chi connectivity index (χ1n) is 6.78. The maximum Gasteiger partial charge on any atom is 0.412 e. The molecule has 2 aromatic rings. The number of anilines is 1.